The maximum Gasteiger partial charge on any atom is 0.145 e. The molecule has 0 bridgehead atoms. The number of fused-ring (bicyclic) bond motifs is 10. The zero-order valence-corrected chi connectivity index (χ0v) is 26.8. The lowest BCUT2D eigenvalue weighted by molar-refractivity contribution is 0.673. The smallest absolute Gasteiger partial charge is 0.145 e. The second-order valence-corrected chi connectivity index (χ2v) is 13.4. The fourth-order valence-electron chi connectivity index (χ4n) is 7.44. The molecule has 0 saturated carbocycles. The summed E-state index contributed by atoms with van der Waals surface area (Å²) in [7, 11) is 0. The van der Waals surface area contributed by atoms with Gasteiger partial charge in [-0.1, -0.05) is 66.7 Å². The molecule has 10 rings (SSSR count). The van der Waals surface area contributed by atoms with Crippen LogP contribution in [0.25, 0.3) is 91.9 Å². The van der Waals surface area contributed by atoms with E-state index in [-0.39, 0.29) is 0 Å². The lowest BCUT2D eigenvalue weighted by atomic mass is 9.96. The van der Waals surface area contributed by atoms with Gasteiger partial charge in [-0.05, 0) is 95.1 Å². The van der Waals surface area contributed by atoms with E-state index in [1.165, 1.54) is 4.70 Å². The normalized spacial score (nSPS) is 11.6. The van der Waals surface area contributed by atoms with Crippen molar-refractivity contribution in [2.45, 2.75) is 0 Å². The Hall–Kier alpha value is -6.66. The fourth-order valence-corrected chi connectivity index (χ4v) is 8.66. The zero-order valence-electron chi connectivity index (χ0n) is 25.9. The highest BCUT2D eigenvalue weighted by atomic mass is 32.1. The monoisotopic (exact) mass is 641 g/mol. The van der Waals surface area contributed by atoms with Gasteiger partial charge in [-0.2, -0.15) is 10.5 Å². The summed E-state index contributed by atoms with van der Waals surface area (Å²) in [6, 6.07) is 52.6. The molecule has 0 aliphatic carbocycles. The number of nitrogens with zero attached hydrogens (tertiary/aromatic N) is 3. The highest BCUT2D eigenvalue weighted by Gasteiger charge is 2.20. The van der Waals surface area contributed by atoms with E-state index in [2.05, 4.69) is 114 Å². The average molecular weight is 642 g/mol. The number of rotatable bonds is 3. The van der Waals surface area contributed by atoms with Crippen LogP contribution in [-0.2, 0) is 0 Å². The minimum atomic E-state index is 0.619. The molecule has 10 aromatic rings. The van der Waals surface area contributed by atoms with Gasteiger partial charge < -0.3 is 8.98 Å². The van der Waals surface area contributed by atoms with E-state index < -0.39 is 0 Å². The molecule has 0 atom stereocenters. The first-order chi connectivity index (χ1) is 24.2. The molecule has 0 aliphatic heterocycles. The molecule has 5 heteroatoms. The Bertz CT molecular complexity index is 3090. The van der Waals surface area contributed by atoms with Crippen molar-refractivity contribution < 1.29 is 4.42 Å². The van der Waals surface area contributed by atoms with Gasteiger partial charge in [-0.15, -0.1) is 11.3 Å². The van der Waals surface area contributed by atoms with Gasteiger partial charge in [0.15, 0.2) is 0 Å². The molecule has 3 aromatic heterocycles. The van der Waals surface area contributed by atoms with Gasteiger partial charge in [0.1, 0.15) is 11.2 Å². The number of benzene rings is 7. The number of thiophene rings is 1. The van der Waals surface area contributed by atoms with Crippen molar-refractivity contribution in [2.75, 3.05) is 0 Å². The first kappa shape index (κ1) is 27.5. The summed E-state index contributed by atoms with van der Waals surface area (Å²) in [5.74, 6) is 0. The van der Waals surface area contributed by atoms with E-state index in [9.17, 15) is 10.5 Å². The summed E-state index contributed by atoms with van der Waals surface area (Å²) < 4.78 is 11.2. The molecule has 0 spiro atoms. The zero-order chi connectivity index (χ0) is 32.6. The average Bonchev–Trinajstić information content (AvgIpc) is 3.83. The van der Waals surface area contributed by atoms with Crippen LogP contribution in [0.4, 0.5) is 0 Å². The third kappa shape index (κ3) is 4.07. The first-order valence-corrected chi connectivity index (χ1v) is 16.9. The van der Waals surface area contributed by atoms with Crippen LogP contribution in [0.3, 0.4) is 0 Å². The lowest BCUT2D eigenvalue weighted by Crippen LogP contribution is -1.96. The molecular weight excluding hydrogens is 619 g/mol. The summed E-state index contributed by atoms with van der Waals surface area (Å²) in [4.78, 5) is 0. The molecule has 0 fully saturated rings. The molecule has 3 heterocycles. The molecule has 0 saturated heterocycles. The van der Waals surface area contributed by atoms with E-state index in [0.717, 1.165) is 87.2 Å². The number of furan rings is 1. The number of aromatic nitrogens is 1. The SMILES string of the molecule is N#Cc1cccc(-c2cc(-c3cccc4c3sc3ccc(C#N)cc34)cc(-n3c4ccccc4c4c5oc6ccccc6c5ccc43)c2)c1. The maximum absolute atomic E-state index is 9.77. The molecule has 49 heavy (non-hydrogen) atoms. The lowest BCUT2D eigenvalue weighted by Gasteiger charge is -2.14. The maximum atomic E-state index is 9.77. The van der Waals surface area contributed by atoms with Crippen LogP contribution in [0.15, 0.2) is 144 Å². The van der Waals surface area contributed by atoms with Crippen molar-refractivity contribution in [1.29, 1.82) is 10.5 Å². The second-order valence-electron chi connectivity index (χ2n) is 12.4. The fraction of sp³-hybridized carbons (Fsp3) is 0. The Morgan fingerprint density at radius 1 is 0.531 bits per heavy atom. The molecule has 7 aromatic carbocycles. The Balaban J connectivity index is 1.30. The van der Waals surface area contributed by atoms with E-state index in [0.29, 0.717) is 11.1 Å². The van der Waals surface area contributed by atoms with Crippen molar-refractivity contribution in [3.05, 3.63) is 151 Å². The summed E-state index contributed by atoms with van der Waals surface area (Å²) in [6.45, 7) is 0. The largest absolute Gasteiger partial charge is 0.455 e. The Kier molecular flexibility index (Phi) is 5.84. The first-order valence-electron chi connectivity index (χ1n) is 16.0. The van der Waals surface area contributed by atoms with Crippen LogP contribution in [0.5, 0.6) is 0 Å². The van der Waals surface area contributed by atoms with E-state index in [1.807, 2.05) is 42.5 Å². The minimum Gasteiger partial charge on any atom is -0.455 e. The van der Waals surface area contributed by atoms with Crippen LogP contribution in [-0.4, -0.2) is 4.57 Å². The topological polar surface area (TPSA) is 65.7 Å². The van der Waals surface area contributed by atoms with E-state index in [1.54, 1.807) is 11.3 Å². The van der Waals surface area contributed by atoms with Crippen LogP contribution in [0, 0.1) is 22.7 Å². The molecule has 4 nitrogen and oxygen atoms in total. The number of hydrogen-bond acceptors (Lipinski definition) is 4. The van der Waals surface area contributed by atoms with Gasteiger partial charge >= 0.3 is 0 Å². The van der Waals surface area contributed by atoms with Gasteiger partial charge in [-0.3, -0.25) is 0 Å². The van der Waals surface area contributed by atoms with E-state index >= 15 is 0 Å². The van der Waals surface area contributed by atoms with Crippen molar-refractivity contribution in [2.24, 2.45) is 0 Å². The predicted octanol–water partition coefficient (Wildman–Crippen LogP) is 12.1. The number of para-hydroxylation sites is 2. The second kappa shape index (κ2) is 10.4. The molecule has 226 valence electrons. The molecule has 0 radical (unpaired) electrons. The summed E-state index contributed by atoms with van der Waals surface area (Å²) in [6.07, 6.45) is 0. The van der Waals surface area contributed by atoms with Gasteiger partial charge in [-0.25, -0.2) is 0 Å². The van der Waals surface area contributed by atoms with Gasteiger partial charge in [0.25, 0.3) is 0 Å². The third-order valence-electron chi connectivity index (χ3n) is 9.62. The minimum absolute atomic E-state index is 0.619. The summed E-state index contributed by atoms with van der Waals surface area (Å²) >= 11 is 1.75. The van der Waals surface area contributed by atoms with Crippen LogP contribution in [0.1, 0.15) is 11.1 Å². The Morgan fingerprint density at radius 2 is 1.31 bits per heavy atom. The highest BCUT2D eigenvalue weighted by Crippen LogP contribution is 2.44. The number of hydrogen-bond donors (Lipinski definition) is 0. The standard InChI is InChI=1S/C44H23N3OS/c45-24-26-7-5-8-28(19-26)29-21-30(32-11-6-12-35-37-20-27(25-46)15-18-41(37)49-44(32)35)23-31(22-29)47-38-13-3-1-10-36(38)42-39(47)17-16-34-33-9-2-4-14-40(33)48-43(34)42/h1-23H. The molecule has 0 N–H and O–H groups in total. The van der Waals surface area contributed by atoms with Gasteiger partial charge in [0.05, 0.1) is 39.7 Å². The van der Waals surface area contributed by atoms with E-state index in [4.69, 9.17) is 4.42 Å². The highest BCUT2D eigenvalue weighted by molar-refractivity contribution is 7.26. The molecule has 0 unspecified atom stereocenters. The van der Waals surface area contributed by atoms with Crippen molar-refractivity contribution in [3.8, 4) is 40.1 Å². The van der Waals surface area contributed by atoms with Gasteiger partial charge in [0, 0.05) is 42.0 Å². The van der Waals surface area contributed by atoms with Crippen LogP contribution < -0.4 is 0 Å². The van der Waals surface area contributed by atoms with Crippen molar-refractivity contribution in [3.63, 3.8) is 0 Å². The Morgan fingerprint density at radius 3 is 2.20 bits per heavy atom. The predicted molar refractivity (Wildman–Crippen MR) is 201 cm³/mol. The summed E-state index contributed by atoms with van der Waals surface area (Å²) in [5, 5.41) is 26.0. The van der Waals surface area contributed by atoms with Crippen molar-refractivity contribution >= 4 is 75.3 Å². The molecular formula is C44H23N3OS. The quantitative estimate of drug-likeness (QED) is 0.193. The van der Waals surface area contributed by atoms with Crippen LogP contribution in [0.2, 0.25) is 0 Å². The summed E-state index contributed by atoms with van der Waals surface area (Å²) in [5.41, 5.74) is 10.4. The number of nitriles is 2. The van der Waals surface area contributed by atoms with Gasteiger partial charge in [0.2, 0.25) is 0 Å². The van der Waals surface area contributed by atoms with Crippen molar-refractivity contribution in [1.82, 2.24) is 4.57 Å². The third-order valence-corrected chi connectivity index (χ3v) is 10.8. The van der Waals surface area contributed by atoms with Crippen LogP contribution >= 0.6 is 11.3 Å². The Labute approximate surface area is 284 Å². The molecule has 0 amide bonds. The molecule has 0 aliphatic rings.